The first-order valence-electron chi connectivity index (χ1n) is 6.84. The van der Waals surface area contributed by atoms with Gasteiger partial charge in [-0.15, -0.1) is 0 Å². The van der Waals surface area contributed by atoms with Crippen molar-refractivity contribution >= 4 is 5.91 Å². The number of carbonyl (C=O) groups is 1. The van der Waals surface area contributed by atoms with Crippen molar-refractivity contribution in [3.63, 3.8) is 0 Å². The highest BCUT2D eigenvalue weighted by atomic mass is 16.1. The molecule has 0 spiro atoms. The molecule has 3 nitrogen and oxygen atoms in total. The Morgan fingerprint density at radius 2 is 1.94 bits per heavy atom. The van der Waals surface area contributed by atoms with Gasteiger partial charge >= 0.3 is 0 Å². The number of nitrogens with two attached hydrogens (primary N) is 1. The van der Waals surface area contributed by atoms with Crippen LogP contribution in [0, 0.1) is 0 Å². The van der Waals surface area contributed by atoms with Crippen LogP contribution in [-0.4, -0.2) is 18.5 Å². The van der Waals surface area contributed by atoms with Gasteiger partial charge in [0.15, 0.2) is 0 Å². The zero-order valence-electron chi connectivity index (χ0n) is 10.8. The molecule has 0 saturated heterocycles. The third-order valence-corrected chi connectivity index (χ3v) is 3.71. The van der Waals surface area contributed by atoms with Crippen LogP contribution >= 0.6 is 0 Å². The van der Waals surface area contributed by atoms with Crippen molar-refractivity contribution in [1.82, 2.24) is 5.32 Å². The molecule has 1 saturated carbocycles. The van der Waals surface area contributed by atoms with E-state index in [1.54, 1.807) is 0 Å². The van der Waals surface area contributed by atoms with Crippen LogP contribution in [0.15, 0.2) is 30.3 Å². The molecule has 1 aromatic rings. The molecule has 0 radical (unpaired) electrons. The molecule has 1 unspecified atom stereocenters. The van der Waals surface area contributed by atoms with Gasteiger partial charge < -0.3 is 11.1 Å². The number of amides is 1. The molecule has 1 aliphatic rings. The second-order valence-corrected chi connectivity index (χ2v) is 5.10. The van der Waals surface area contributed by atoms with Crippen LogP contribution < -0.4 is 11.1 Å². The zero-order chi connectivity index (χ0) is 12.8. The van der Waals surface area contributed by atoms with E-state index in [1.807, 2.05) is 30.3 Å². The van der Waals surface area contributed by atoms with Gasteiger partial charge in [0.1, 0.15) is 0 Å². The SMILES string of the molecule is NCC(CC(=O)NC1CCCC1)c1ccccc1. The minimum atomic E-state index is 0.132. The first kappa shape index (κ1) is 13.1. The highest BCUT2D eigenvalue weighted by Crippen LogP contribution is 2.20. The lowest BCUT2D eigenvalue weighted by Gasteiger charge is -2.17. The second kappa shape index (κ2) is 6.55. The van der Waals surface area contributed by atoms with Crippen LogP contribution in [0.2, 0.25) is 0 Å². The van der Waals surface area contributed by atoms with Crippen LogP contribution in [0.25, 0.3) is 0 Å². The molecular formula is C15H22N2O. The summed E-state index contributed by atoms with van der Waals surface area (Å²) in [6.07, 6.45) is 5.24. The van der Waals surface area contributed by atoms with E-state index < -0.39 is 0 Å². The van der Waals surface area contributed by atoms with E-state index in [4.69, 9.17) is 5.73 Å². The number of hydrogen-bond acceptors (Lipinski definition) is 2. The molecule has 0 aliphatic heterocycles. The van der Waals surface area contributed by atoms with Gasteiger partial charge in [-0.2, -0.15) is 0 Å². The number of hydrogen-bond donors (Lipinski definition) is 2. The molecule has 0 heterocycles. The Balaban J connectivity index is 1.87. The Morgan fingerprint density at radius 3 is 2.56 bits per heavy atom. The van der Waals surface area contributed by atoms with Gasteiger partial charge in [-0.3, -0.25) is 4.79 Å². The van der Waals surface area contributed by atoms with Crippen molar-refractivity contribution in [3.8, 4) is 0 Å². The molecule has 3 heteroatoms. The maximum atomic E-state index is 12.0. The molecule has 1 aliphatic carbocycles. The van der Waals surface area contributed by atoms with Crippen LogP contribution in [-0.2, 0) is 4.79 Å². The zero-order valence-corrected chi connectivity index (χ0v) is 10.8. The molecule has 1 fully saturated rings. The van der Waals surface area contributed by atoms with Crippen LogP contribution in [0.3, 0.4) is 0 Å². The lowest BCUT2D eigenvalue weighted by molar-refractivity contribution is -0.122. The lowest BCUT2D eigenvalue weighted by atomic mass is 9.95. The minimum absolute atomic E-state index is 0.132. The van der Waals surface area contributed by atoms with E-state index in [0.29, 0.717) is 19.0 Å². The summed E-state index contributed by atoms with van der Waals surface area (Å²) in [4.78, 5) is 12.0. The van der Waals surface area contributed by atoms with Crippen molar-refractivity contribution < 1.29 is 4.79 Å². The number of nitrogens with one attached hydrogen (secondary N) is 1. The summed E-state index contributed by atoms with van der Waals surface area (Å²) in [6.45, 7) is 0.516. The van der Waals surface area contributed by atoms with Crippen molar-refractivity contribution in [3.05, 3.63) is 35.9 Å². The Morgan fingerprint density at radius 1 is 1.28 bits per heavy atom. The van der Waals surface area contributed by atoms with Gasteiger partial charge in [0, 0.05) is 18.4 Å². The summed E-state index contributed by atoms with van der Waals surface area (Å²) < 4.78 is 0. The normalized spacial score (nSPS) is 17.6. The van der Waals surface area contributed by atoms with Gasteiger partial charge in [-0.1, -0.05) is 43.2 Å². The van der Waals surface area contributed by atoms with Crippen LogP contribution in [0.5, 0.6) is 0 Å². The molecule has 0 aromatic heterocycles. The van der Waals surface area contributed by atoms with Gasteiger partial charge in [-0.25, -0.2) is 0 Å². The standard InChI is InChI=1S/C15H22N2O/c16-11-13(12-6-2-1-3-7-12)10-15(18)17-14-8-4-5-9-14/h1-3,6-7,13-14H,4-5,8-11,16H2,(H,17,18). The quantitative estimate of drug-likeness (QED) is 0.836. The summed E-state index contributed by atoms with van der Waals surface area (Å²) >= 11 is 0. The molecule has 1 aromatic carbocycles. The van der Waals surface area contributed by atoms with E-state index in [0.717, 1.165) is 18.4 Å². The van der Waals surface area contributed by atoms with E-state index in [2.05, 4.69) is 5.32 Å². The predicted octanol–water partition coefficient (Wildman–Crippen LogP) is 2.18. The summed E-state index contributed by atoms with van der Waals surface area (Å²) in [5.41, 5.74) is 6.94. The maximum absolute atomic E-state index is 12.0. The lowest BCUT2D eigenvalue weighted by Crippen LogP contribution is -2.34. The molecule has 2 rings (SSSR count). The fourth-order valence-corrected chi connectivity index (χ4v) is 2.64. The van der Waals surface area contributed by atoms with E-state index >= 15 is 0 Å². The third kappa shape index (κ3) is 3.57. The number of carbonyl (C=O) groups excluding carboxylic acids is 1. The Hall–Kier alpha value is -1.35. The van der Waals surface area contributed by atoms with Crippen molar-refractivity contribution in [2.75, 3.05) is 6.54 Å². The Labute approximate surface area is 109 Å². The molecule has 98 valence electrons. The molecule has 0 bridgehead atoms. The summed E-state index contributed by atoms with van der Waals surface area (Å²) in [5.74, 6) is 0.272. The van der Waals surface area contributed by atoms with E-state index in [1.165, 1.54) is 12.8 Å². The average molecular weight is 246 g/mol. The Bertz CT molecular complexity index is 371. The summed E-state index contributed by atoms with van der Waals surface area (Å²) in [5, 5.41) is 3.12. The summed E-state index contributed by atoms with van der Waals surface area (Å²) in [6, 6.07) is 10.4. The van der Waals surface area contributed by atoms with Crippen LogP contribution in [0.1, 0.15) is 43.6 Å². The highest BCUT2D eigenvalue weighted by Gasteiger charge is 2.19. The largest absolute Gasteiger partial charge is 0.353 e. The molecule has 18 heavy (non-hydrogen) atoms. The van der Waals surface area contributed by atoms with Gasteiger partial charge in [0.25, 0.3) is 0 Å². The minimum Gasteiger partial charge on any atom is -0.353 e. The number of benzene rings is 1. The topological polar surface area (TPSA) is 55.1 Å². The fourth-order valence-electron chi connectivity index (χ4n) is 2.64. The molecular weight excluding hydrogens is 224 g/mol. The summed E-state index contributed by atoms with van der Waals surface area (Å²) in [7, 11) is 0. The molecule has 3 N–H and O–H groups in total. The first-order chi connectivity index (χ1) is 8.79. The monoisotopic (exact) mass is 246 g/mol. The molecule has 1 atom stereocenters. The third-order valence-electron chi connectivity index (χ3n) is 3.71. The molecule has 1 amide bonds. The Kier molecular flexibility index (Phi) is 4.76. The fraction of sp³-hybridized carbons (Fsp3) is 0.533. The van der Waals surface area contributed by atoms with Gasteiger partial charge in [0.2, 0.25) is 5.91 Å². The van der Waals surface area contributed by atoms with Crippen molar-refractivity contribution in [2.24, 2.45) is 5.73 Å². The number of rotatable bonds is 5. The van der Waals surface area contributed by atoms with E-state index in [-0.39, 0.29) is 11.8 Å². The predicted molar refractivity (Wildman–Crippen MR) is 73.3 cm³/mol. The highest BCUT2D eigenvalue weighted by molar-refractivity contribution is 5.77. The smallest absolute Gasteiger partial charge is 0.220 e. The second-order valence-electron chi connectivity index (χ2n) is 5.10. The van der Waals surface area contributed by atoms with Crippen LogP contribution in [0.4, 0.5) is 0 Å². The van der Waals surface area contributed by atoms with Crippen molar-refractivity contribution in [1.29, 1.82) is 0 Å². The van der Waals surface area contributed by atoms with Gasteiger partial charge in [0.05, 0.1) is 0 Å². The van der Waals surface area contributed by atoms with Gasteiger partial charge in [-0.05, 0) is 24.9 Å². The maximum Gasteiger partial charge on any atom is 0.220 e. The van der Waals surface area contributed by atoms with Crippen molar-refractivity contribution in [2.45, 2.75) is 44.1 Å². The average Bonchev–Trinajstić information content (AvgIpc) is 2.90. The van der Waals surface area contributed by atoms with E-state index in [9.17, 15) is 4.79 Å². The first-order valence-corrected chi connectivity index (χ1v) is 6.84.